The zero-order valence-corrected chi connectivity index (χ0v) is 9.80. The van der Waals surface area contributed by atoms with Crippen molar-refractivity contribution in [2.24, 2.45) is 5.73 Å². The number of carbonyl (C=O) groups excluding carboxylic acids is 1. The Morgan fingerprint density at radius 3 is 3.06 bits per heavy atom. The molecule has 5 nitrogen and oxygen atoms in total. The summed E-state index contributed by atoms with van der Waals surface area (Å²) in [5.41, 5.74) is 6.02. The fourth-order valence-electron chi connectivity index (χ4n) is 1.36. The molecule has 92 valence electrons. The van der Waals surface area contributed by atoms with Crippen LogP contribution in [0.3, 0.4) is 0 Å². The minimum atomic E-state index is -0.630. The second-order valence-corrected chi connectivity index (χ2v) is 3.35. The first-order valence-electron chi connectivity index (χ1n) is 5.35. The summed E-state index contributed by atoms with van der Waals surface area (Å²) in [6.45, 7) is 0.905. The molecule has 0 saturated heterocycles. The predicted molar refractivity (Wildman–Crippen MR) is 65.2 cm³/mol. The molecule has 5 heteroatoms. The minimum Gasteiger partial charge on any atom is -0.367 e. The van der Waals surface area contributed by atoms with Gasteiger partial charge in [-0.2, -0.15) is 0 Å². The molecule has 0 aliphatic heterocycles. The molecule has 1 amide bonds. The minimum absolute atomic E-state index is 0.192. The van der Waals surface area contributed by atoms with E-state index in [0.29, 0.717) is 13.1 Å². The molecule has 1 rings (SSSR count). The summed E-state index contributed by atoms with van der Waals surface area (Å²) in [5.74, 6) is -0.192. The number of hydrogen-bond donors (Lipinski definition) is 2. The van der Waals surface area contributed by atoms with Gasteiger partial charge in [0.25, 0.3) is 5.91 Å². The molecule has 17 heavy (non-hydrogen) atoms. The number of pyridine rings is 1. The highest BCUT2D eigenvalue weighted by molar-refractivity contribution is 5.82. The Hall–Kier alpha value is -1.72. The summed E-state index contributed by atoms with van der Waals surface area (Å²) in [5, 5.41) is 2.73. The molecule has 1 aromatic rings. The number of rotatable bonds is 6. The van der Waals surface area contributed by atoms with Crippen LogP contribution in [0.25, 0.3) is 0 Å². The van der Waals surface area contributed by atoms with E-state index in [1.54, 1.807) is 36.7 Å². The number of methoxy groups -OCH3 is 1. The third-order valence-electron chi connectivity index (χ3n) is 2.16. The lowest BCUT2D eigenvalue weighted by molar-refractivity contribution is -0.131. The molecule has 1 unspecified atom stereocenters. The van der Waals surface area contributed by atoms with Gasteiger partial charge in [0.2, 0.25) is 0 Å². The molecule has 0 aliphatic carbocycles. The second-order valence-electron chi connectivity index (χ2n) is 3.35. The Morgan fingerprint density at radius 2 is 2.47 bits per heavy atom. The first-order valence-corrected chi connectivity index (χ1v) is 5.35. The van der Waals surface area contributed by atoms with Gasteiger partial charge in [-0.1, -0.05) is 18.2 Å². The average molecular weight is 235 g/mol. The molecule has 1 aromatic heterocycles. The van der Waals surface area contributed by atoms with Gasteiger partial charge in [-0.15, -0.1) is 0 Å². The number of carbonyl (C=O) groups is 1. The number of nitrogens with zero attached hydrogens (tertiary/aromatic N) is 1. The molecule has 0 fully saturated rings. The van der Waals surface area contributed by atoms with Crippen LogP contribution in [0.5, 0.6) is 0 Å². The highest BCUT2D eigenvalue weighted by Crippen LogP contribution is 2.14. The van der Waals surface area contributed by atoms with Crippen LogP contribution in [0.15, 0.2) is 36.7 Å². The molecule has 0 saturated carbocycles. The van der Waals surface area contributed by atoms with Gasteiger partial charge in [-0.3, -0.25) is 9.78 Å². The molecule has 0 spiro atoms. The summed E-state index contributed by atoms with van der Waals surface area (Å²) < 4.78 is 5.15. The van der Waals surface area contributed by atoms with Crippen LogP contribution in [0, 0.1) is 0 Å². The van der Waals surface area contributed by atoms with Crippen molar-refractivity contribution >= 4 is 5.91 Å². The van der Waals surface area contributed by atoms with E-state index in [4.69, 9.17) is 10.5 Å². The molecular formula is C12H17N3O2. The number of nitrogens with one attached hydrogen (secondary N) is 1. The Kier molecular flexibility index (Phi) is 5.92. The lowest BCUT2D eigenvalue weighted by atomic mass is 10.1. The van der Waals surface area contributed by atoms with Crippen molar-refractivity contribution in [3.05, 3.63) is 42.2 Å². The van der Waals surface area contributed by atoms with E-state index < -0.39 is 6.10 Å². The zero-order valence-electron chi connectivity index (χ0n) is 9.80. The smallest absolute Gasteiger partial charge is 0.254 e. The predicted octanol–water partition coefficient (Wildman–Crippen LogP) is 0.400. The lowest BCUT2D eigenvalue weighted by Crippen LogP contribution is -2.30. The van der Waals surface area contributed by atoms with Gasteiger partial charge < -0.3 is 15.8 Å². The van der Waals surface area contributed by atoms with Crippen molar-refractivity contribution in [3.63, 3.8) is 0 Å². The summed E-state index contributed by atoms with van der Waals surface area (Å²) in [7, 11) is 1.49. The SMILES string of the molecule is COC(C(=O)NCC=CCN)c1cccnc1. The highest BCUT2D eigenvalue weighted by Gasteiger charge is 2.18. The maximum absolute atomic E-state index is 11.8. The number of nitrogens with two attached hydrogens (primary N) is 1. The van der Waals surface area contributed by atoms with Crippen molar-refractivity contribution < 1.29 is 9.53 Å². The van der Waals surface area contributed by atoms with Crippen molar-refractivity contribution in [2.75, 3.05) is 20.2 Å². The van der Waals surface area contributed by atoms with Crippen molar-refractivity contribution in [2.45, 2.75) is 6.10 Å². The summed E-state index contributed by atoms with van der Waals surface area (Å²) in [6, 6.07) is 3.57. The zero-order chi connectivity index (χ0) is 12.5. The number of amides is 1. The Balaban J connectivity index is 2.56. The Bertz CT molecular complexity index is 365. The van der Waals surface area contributed by atoms with Crippen LogP contribution < -0.4 is 11.1 Å². The van der Waals surface area contributed by atoms with Gasteiger partial charge in [0, 0.05) is 38.2 Å². The van der Waals surface area contributed by atoms with E-state index in [2.05, 4.69) is 10.3 Å². The Morgan fingerprint density at radius 1 is 1.65 bits per heavy atom. The van der Waals surface area contributed by atoms with Gasteiger partial charge in [0.15, 0.2) is 6.10 Å². The van der Waals surface area contributed by atoms with Crippen molar-refractivity contribution in [1.82, 2.24) is 10.3 Å². The standard InChI is InChI=1S/C12H17N3O2/c1-17-11(10-5-4-7-14-9-10)12(16)15-8-3-2-6-13/h2-5,7,9,11H,6,8,13H2,1H3,(H,15,16). The van der Waals surface area contributed by atoms with Crippen molar-refractivity contribution in [3.8, 4) is 0 Å². The molecule has 0 radical (unpaired) electrons. The summed E-state index contributed by atoms with van der Waals surface area (Å²) in [4.78, 5) is 15.8. The van der Waals surface area contributed by atoms with Gasteiger partial charge in [0.1, 0.15) is 0 Å². The van der Waals surface area contributed by atoms with Gasteiger partial charge in [-0.25, -0.2) is 0 Å². The van der Waals surface area contributed by atoms with Crippen LogP contribution in [0.1, 0.15) is 11.7 Å². The van der Waals surface area contributed by atoms with Crippen LogP contribution in [0.4, 0.5) is 0 Å². The summed E-state index contributed by atoms with van der Waals surface area (Å²) >= 11 is 0. The Labute approximate surface area is 101 Å². The molecule has 1 heterocycles. The number of hydrogen-bond acceptors (Lipinski definition) is 4. The molecule has 0 aliphatic rings. The average Bonchev–Trinajstić information content (AvgIpc) is 2.37. The van der Waals surface area contributed by atoms with E-state index in [1.165, 1.54) is 7.11 Å². The molecular weight excluding hydrogens is 218 g/mol. The van der Waals surface area contributed by atoms with E-state index in [9.17, 15) is 4.79 Å². The second kappa shape index (κ2) is 7.54. The topological polar surface area (TPSA) is 77.2 Å². The van der Waals surface area contributed by atoms with Crippen molar-refractivity contribution in [1.29, 1.82) is 0 Å². The highest BCUT2D eigenvalue weighted by atomic mass is 16.5. The lowest BCUT2D eigenvalue weighted by Gasteiger charge is -2.14. The van der Waals surface area contributed by atoms with E-state index in [-0.39, 0.29) is 5.91 Å². The van der Waals surface area contributed by atoms with E-state index >= 15 is 0 Å². The van der Waals surface area contributed by atoms with E-state index in [1.807, 2.05) is 0 Å². The van der Waals surface area contributed by atoms with Crippen LogP contribution in [-0.4, -0.2) is 31.1 Å². The van der Waals surface area contributed by atoms with Crippen LogP contribution in [0.2, 0.25) is 0 Å². The van der Waals surface area contributed by atoms with Gasteiger partial charge >= 0.3 is 0 Å². The third kappa shape index (κ3) is 4.34. The molecule has 0 bridgehead atoms. The molecule has 3 N–H and O–H groups in total. The maximum Gasteiger partial charge on any atom is 0.254 e. The summed E-state index contributed by atoms with van der Waals surface area (Å²) in [6.07, 6.45) is 6.22. The molecule has 0 aromatic carbocycles. The third-order valence-corrected chi connectivity index (χ3v) is 2.16. The number of aromatic nitrogens is 1. The van der Waals surface area contributed by atoms with Crippen LogP contribution in [-0.2, 0) is 9.53 Å². The van der Waals surface area contributed by atoms with E-state index in [0.717, 1.165) is 5.56 Å². The van der Waals surface area contributed by atoms with Gasteiger partial charge in [-0.05, 0) is 6.07 Å². The largest absolute Gasteiger partial charge is 0.367 e. The first-order chi connectivity index (χ1) is 8.29. The fourth-order valence-corrected chi connectivity index (χ4v) is 1.36. The monoisotopic (exact) mass is 235 g/mol. The first kappa shape index (κ1) is 13.3. The normalized spacial score (nSPS) is 12.6. The van der Waals surface area contributed by atoms with Gasteiger partial charge in [0.05, 0.1) is 0 Å². The quantitative estimate of drug-likeness (QED) is 0.700. The van der Waals surface area contributed by atoms with Crippen LogP contribution >= 0.6 is 0 Å². The fraction of sp³-hybridized carbons (Fsp3) is 0.333. The number of ether oxygens (including phenoxy) is 1. The molecule has 1 atom stereocenters. The maximum atomic E-state index is 11.8.